The number of methoxy groups -OCH3 is 1. The van der Waals surface area contributed by atoms with E-state index in [0.717, 1.165) is 29.0 Å². The van der Waals surface area contributed by atoms with Gasteiger partial charge < -0.3 is 9.64 Å². The summed E-state index contributed by atoms with van der Waals surface area (Å²) in [7, 11) is -1.60. The monoisotopic (exact) mass is 623 g/mol. The molecule has 6 rings (SSSR count). The summed E-state index contributed by atoms with van der Waals surface area (Å²) in [6.45, 7) is 4.31. The van der Waals surface area contributed by atoms with Crippen LogP contribution in [0.5, 0.6) is 5.75 Å². The number of hydrogen-bond donors (Lipinski definition) is 0. The van der Waals surface area contributed by atoms with Crippen LogP contribution < -0.4 is 9.64 Å². The van der Waals surface area contributed by atoms with Crippen molar-refractivity contribution in [1.82, 2.24) is 29.7 Å². The Bertz CT molecular complexity index is 1980. The maximum atomic E-state index is 13.2. The van der Waals surface area contributed by atoms with Crippen molar-refractivity contribution in [3.05, 3.63) is 72.6 Å². The summed E-state index contributed by atoms with van der Waals surface area (Å²) in [6.07, 6.45) is 2.77. The summed E-state index contributed by atoms with van der Waals surface area (Å²) in [5.74, 6) is 1.02. The molecule has 5 aromatic rings. The second kappa shape index (κ2) is 10.8. The molecule has 1 aliphatic heterocycles. The molecule has 0 unspecified atom stereocenters. The topological polar surface area (TPSA) is 116 Å². The molecule has 6 heterocycles. The zero-order valence-electron chi connectivity index (χ0n) is 24.2. The average Bonchev–Trinajstić information content (AvgIpc) is 3.42. The molecule has 0 amide bonds. The number of nitrogens with zero attached hydrogens (tertiary/aromatic N) is 7. The molecule has 1 saturated heterocycles. The summed E-state index contributed by atoms with van der Waals surface area (Å²) >= 11 is 0. The highest BCUT2D eigenvalue weighted by Gasteiger charge is 2.38. The lowest BCUT2D eigenvalue weighted by Gasteiger charge is -2.48. The van der Waals surface area contributed by atoms with E-state index in [1.807, 2.05) is 30.9 Å². The Morgan fingerprint density at radius 2 is 1.84 bits per heavy atom. The highest BCUT2D eigenvalue weighted by atomic mass is 32.2. The minimum atomic E-state index is -4.57. The van der Waals surface area contributed by atoms with Crippen LogP contribution in [0.25, 0.3) is 39.2 Å². The first kappa shape index (κ1) is 29.5. The van der Waals surface area contributed by atoms with E-state index in [1.54, 1.807) is 42.5 Å². The largest absolute Gasteiger partial charge is 0.496 e. The van der Waals surface area contributed by atoms with Gasteiger partial charge in [-0.1, -0.05) is 0 Å². The fraction of sp³-hybridized carbons (Fsp3) is 0.300. The highest BCUT2D eigenvalue weighted by molar-refractivity contribution is 7.90. The van der Waals surface area contributed by atoms with Gasteiger partial charge in [-0.25, -0.2) is 18.1 Å². The van der Waals surface area contributed by atoms with E-state index in [9.17, 15) is 21.6 Å². The van der Waals surface area contributed by atoms with E-state index < -0.39 is 21.7 Å². The van der Waals surface area contributed by atoms with E-state index >= 15 is 0 Å². The first-order valence-electron chi connectivity index (χ1n) is 13.7. The molecule has 10 nitrogen and oxygen atoms in total. The highest BCUT2D eigenvalue weighted by Crippen LogP contribution is 2.37. The van der Waals surface area contributed by atoms with Gasteiger partial charge in [0.2, 0.25) is 0 Å². The van der Waals surface area contributed by atoms with Crippen LogP contribution in [-0.2, 0) is 16.0 Å². The molecule has 0 aromatic carbocycles. The zero-order chi connectivity index (χ0) is 31.4. The lowest BCUT2D eigenvalue weighted by molar-refractivity contribution is -0.141. The first-order valence-corrected chi connectivity index (χ1v) is 15.7. The Morgan fingerprint density at radius 1 is 1.05 bits per heavy atom. The Balaban J connectivity index is 1.48. The first-order chi connectivity index (χ1) is 20.8. The molecule has 0 aliphatic carbocycles. The molecule has 0 bridgehead atoms. The summed E-state index contributed by atoms with van der Waals surface area (Å²) in [5.41, 5.74) is 3.23. The summed E-state index contributed by atoms with van der Waals surface area (Å²) < 4.78 is 70.7. The standard InChI is InChI=1S/C30H28F3N7O3S/c1-17-22-14-36-40(26(22)11-25(37-17)23-13-34-8-7-27(23)43-3)29-10-21(39-15-20(18(39)2)16-44(4,41)42)9-24(38-29)19-5-6-28(35-12-19)30(31,32)33/h5-14,18,20H,15-16H2,1-4H3/t18-,20-/m1/s1. The maximum absolute atomic E-state index is 13.2. The minimum absolute atomic E-state index is 0.0610. The number of halogens is 3. The third-order valence-corrected chi connectivity index (χ3v) is 8.89. The van der Waals surface area contributed by atoms with Crippen LogP contribution in [0, 0.1) is 12.8 Å². The summed E-state index contributed by atoms with van der Waals surface area (Å²) in [6, 6.07) is 9.37. The SMILES string of the molecule is COc1ccncc1-c1cc2c(cnn2-c2cc(N3C[C@H](CS(C)(=O)=O)[C@H]3C)cc(-c3ccc(C(F)(F)F)nc3)n2)c(C)n1. The Labute approximate surface area is 251 Å². The third kappa shape index (κ3) is 5.56. The second-order valence-electron chi connectivity index (χ2n) is 10.9. The molecule has 44 heavy (non-hydrogen) atoms. The predicted octanol–water partition coefficient (Wildman–Crippen LogP) is 5.14. The van der Waals surface area contributed by atoms with E-state index in [2.05, 4.69) is 15.1 Å². The van der Waals surface area contributed by atoms with E-state index in [4.69, 9.17) is 14.7 Å². The number of sulfone groups is 1. The van der Waals surface area contributed by atoms with Crippen LogP contribution in [0.3, 0.4) is 0 Å². The number of ether oxygens (including phenoxy) is 1. The van der Waals surface area contributed by atoms with Crippen molar-refractivity contribution in [3.8, 4) is 34.1 Å². The van der Waals surface area contributed by atoms with Crippen LogP contribution in [0.1, 0.15) is 18.3 Å². The number of hydrogen-bond acceptors (Lipinski definition) is 9. The molecule has 5 aromatic heterocycles. The van der Waals surface area contributed by atoms with Crippen molar-refractivity contribution in [2.45, 2.75) is 26.1 Å². The van der Waals surface area contributed by atoms with Crippen LogP contribution in [0.2, 0.25) is 0 Å². The van der Waals surface area contributed by atoms with Gasteiger partial charge in [0, 0.05) is 71.7 Å². The predicted molar refractivity (Wildman–Crippen MR) is 159 cm³/mol. The third-order valence-electron chi connectivity index (χ3n) is 7.85. The molecule has 0 saturated carbocycles. The van der Waals surface area contributed by atoms with E-state index in [-0.39, 0.29) is 17.7 Å². The van der Waals surface area contributed by atoms with E-state index in [1.165, 1.54) is 12.3 Å². The number of fused-ring (bicyclic) bond motifs is 1. The fourth-order valence-corrected chi connectivity index (χ4v) is 6.66. The van der Waals surface area contributed by atoms with Crippen molar-refractivity contribution in [2.75, 3.05) is 30.6 Å². The van der Waals surface area contributed by atoms with Crippen molar-refractivity contribution in [3.63, 3.8) is 0 Å². The average molecular weight is 624 g/mol. The van der Waals surface area contributed by atoms with Gasteiger partial charge in [0.25, 0.3) is 0 Å². The van der Waals surface area contributed by atoms with Crippen LogP contribution in [0.15, 0.2) is 61.2 Å². The van der Waals surface area contributed by atoms with Gasteiger partial charge in [-0.15, -0.1) is 0 Å². The quantitative estimate of drug-likeness (QED) is 0.243. The van der Waals surface area contributed by atoms with Crippen LogP contribution in [-0.4, -0.2) is 69.8 Å². The van der Waals surface area contributed by atoms with Crippen molar-refractivity contribution in [2.24, 2.45) is 5.92 Å². The molecule has 228 valence electrons. The lowest BCUT2D eigenvalue weighted by atomic mass is 9.91. The van der Waals surface area contributed by atoms with Gasteiger partial charge in [0.1, 0.15) is 21.3 Å². The van der Waals surface area contributed by atoms with Gasteiger partial charge in [0.15, 0.2) is 5.82 Å². The van der Waals surface area contributed by atoms with Gasteiger partial charge in [-0.05, 0) is 44.2 Å². The van der Waals surface area contributed by atoms with E-state index in [0.29, 0.717) is 46.1 Å². The molecular formula is C30H28F3N7O3S. The molecule has 0 radical (unpaired) electrons. The molecule has 1 aliphatic rings. The molecule has 1 fully saturated rings. The minimum Gasteiger partial charge on any atom is -0.496 e. The fourth-order valence-electron chi connectivity index (χ4n) is 5.50. The molecule has 0 spiro atoms. The normalized spacial score (nSPS) is 17.1. The van der Waals surface area contributed by atoms with Crippen LogP contribution >= 0.6 is 0 Å². The smallest absolute Gasteiger partial charge is 0.433 e. The Kier molecular flexibility index (Phi) is 7.26. The Morgan fingerprint density at radius 3 is 2.50 bits per heavy atom. The van der Waals surface area contributed by atoms with Gasteiger partial charge >= 0.3 is 6.18 Å². The number of rotatable bonds is 7. The van der Waals surface area contributed by atoms with Crippen molar-refractivity contribution < 1.29 is 26.3 Å². The van der Waals surface area contributed by atoms with Crippen LogP contribution in [0.4, 0.5) is 18.9 Å². The second-order valence-corrected chi connectivity index (χ2v) is 13.1. The number of pyridine rings is 4. The van der Waals surface area contributed by atoms with Gasteiger partial charge in [-0.3, -0.25) is 15.0 Å². The maximum Gasteiger partial charge on any atom is 0.433 e. The van der Waals surface area contributed by atoms with Crippen molar-refractivity contribution in [1.29, 1.82) is 0 Å². The number of anilines is 1. The molecule has 2 atom stereocenters. The molecule has 0 N–H and O–H groups in total. The number of alkyl halides is 3. The molecule has 14 heteroatoms. The van der Waals surface area contributed by atoms with Gasteiger partial charge in [0.05, 0.1) is 41.5 Å². The number of aryl methyl sites for hydroxylation is 1. The van der Waals surface area contributed by atoms with Crippen molar-refractivity contribution >= 4 is 26.4 Å². The van der Waals surface area contributed by atoms with Gasteiger partial charge in [-0.2, -0.15) is 18.3 Å². The number of aromatic nitrogens is 6. The molecular weight excluding hydrogens is 595 g/mol. The Hall–Kier alpha value is -4.59. The summed E-state index contributed by atoms with van der Waals surface area (Å²) in [4.78, 5) is 19.4. The summed E-state index contributed by atoms with van der Waals surface area (Å²) in [5, 5.41) is 5.40. The lowest BCUT2D eigenvalue weighted by Crippen LogP contribution is -2.57. The zero-order valence-corrected chi connectivity index (χ0v) is 25.1.